The van der Waals surface area contributed by atoms with Gasteiger partial charge in [0.05, 0.1) is 24.9 Å². The second-order valence-corrected chi connectivity index (χ2v) is 11.8. The highest BCUT2D eigenvalue weighted by atomic mass is 35.5. The van der Waals surface area contributed by atoms with Crippen LogP contribution in [0.3, 0.4) is 0 Å². The molecule has 3 heterocycles. The van der Waals surface area contributed by atoms with E-state index in [2.05, 4.69) is 25.4 Å². The minimum Gasteiger partial charge on any atom is -0.462 e. The van der Waals surface area contributed by atoms with Crippen LogP contribution in [0, 0.1) is 6.92 Å². The Balaban J connectivity index is 1.61. The average molecular weight is 615 g/mol. The number of ether oxygens (including phenoxy) is 2. The van der Waals surface area contributed by atoms with Crippen molar-refractivity contribution in [3.8, 4) is 5.75 Å². The number of fused-ring (bicyclic) bond motifs is 1. The molecule has 6 atom stereocenters. The number of carbonyl (C=O) groups is 1. The van der Waals surface area contributed by atoms with Gasteiger partial charge in [0.2, 0.25) is 0 Å². The first-order valence-corrected chi connectivity index (χ1v) is 14.9. The van der Waals surface area contributed by atoms with Gasteiger partial charge in [-0.2, -0.15) is 5.09 Å². The summed E-state index contributed by atoms with van der Waals surface area (Å²) in [6, 6.07) is 6.99. The van der Waals surface area contributed by atoms with Gasteiger partial charge < -0.3 is 24.4 Å². The van der Waals surface area contributed by atoms with Crippen molar-refractivity contribution < 1.29 is 37.4 Å². The number of halogens is 2. The van der Waals surface area contributed by atoms with Crippen LogP contribution in [0.15, 0.2) is 36.7 Å². The van der Waals surface area contributed by atoms with Crippen LogP contribution in [0.5, 0.6) is 5.75 Å². The zero-order valence-corrected chi connectivity index (χ0v) is 24.8. The molecule has 0 spiro atoms. The summed E-state index contributed by atoms with van der Waals surface area (Å²) < 4.78 is 53.4. The Hall–Kier alpha value is -2.87. The molecule has 1 saturated heterocycles. The largest absolute Gasteiger partial charge is 0.462 e. The molecule has 3 N–H and O–H groups in total. The van der Waals surface area contributed by atoms with Gasteiger partial charge >= 0.3 is 13.7 Å². The summed E-state index contributed by atoms with van der Waals surface area (Å²) >= 11 is 6.23. The minimum absolute atomic E-state index is 0.169. The molecule has 0 bridgehead atoms. The number of aliphatic hydroxyl groups is 1. The lowest BCUT2D eigenvalue weighted by atomic mass is 9.99. The van der Waals surface area contributed by atoms with Crippen LogP contribution in [-0.4, -0.2) is 80.2 Å². The molecular weight excluding hydrogens is 582 g/mol. The maximum absolute atomic E-state index is 15.7. The molecule has 1 aliphatic heterocycles. The van der Waals surface area contributed by atoms with Crippen molar-refractivity contribution in [2.24, 2.45) is 0 Å². The lowest BCUT2D eigenvalue weighted by Crippen LogP contribution is -2.48. The highest BCUT2D eigenvalue weighted by molar-refractivity contribution is 7.52. The first-order valence-electron chi connectivity index (χ1n) is 12.8. The van der Waals surface area contributed by atoms with Gasteiger partial charge in [-0.15, -0.1) is 11.6 Å². The van der Waals surface area contributed by atoms with Gasteiger partial charge in [0.1, 0.15) is 29.3 Å². The molecule has 2 aromatic heterocycles. The lowest BCUT2D eigenvalue weighted by Gasteiger charge is -2.31. The van der Waals surface area contributed by atoms with Crippen LogP contribution in [0.2, 0.25) is 0 Å². The second-order valence-electron chi connectivity index (χ2n) is 9.80. The highest BCUT2D eigenvalue weighted by Gasteiger charge is 2.57. The van der Waals surface area contributed by atoms with Crippen molar-refractivity contribution in [2.45, 2.75) is 63.9 Å². The normalized spacial score (nSPS) is 24.8. The number of alkyl halides is 2. The van der Waals surface area contributed by atoms with E-state index in [4.69, 9.17) is 30.1 Å². The smallest absolute Gasteiger partial charge is 0.459 e. The molecular formula is C25H33ClFN6O7P. The van der Waals surface area contributed by atoms with Crippen LogP contribution in [0.1, 0.15) is 32.8 Å². The number of benzene rings is 1. The zero-order valence-electron chi connectivity index (χ0n) is 23.2. The summed E-state index contributed by atoms with van der Waals surface area (Å²) in [5.41, 5.74) is -1.23. The topological polar surface area (TPSA) is 159 Å². The maximum atomic E-state index is 15.7. The Kier molecular flexibility index (Phi) is 9.52. The highest BCUT2D eigenvalue weighted by Crippen LogP contribution is 2.49. The second kappa shape index (κ2) is 12.6. The monoisotopic (exact) mass is 614 g/mol. The van der Waals surface area contributed by atoms with Crippen LogP contribution < -0.4 is 14.9 Å². The van der Waals surface area contributed by atoms with Gasteiger partial charge in [-0.05, 0) is 39.8 Å². The molecule has 0 radical (unpaired) electrons. The number of hydrogen-bond donors (Lipinski definition) is 3. The molecule has 0 aliphatic carbocycles. The predicted octanol–water partition coefficient (Wildman–Crippen LogP) is 3.52. The fraction of sp³-hybridized carbons (Fsp3) is 0.520. The molecule has 224 valence electrons. The first kappa shape index (κ1) is 31.1. The summed E-state index contributed by atoms with van der Waals surface area (Å²) in [6.45, 7) is 5.77. The molecule has 0 unspecified atom stereocenters. The number of anilines is 1. The minimum atomic E-state index is -4.36. The van der Waals surface area contributed by atoms with E-state index >= 15 is 4.39 Å². The van der Waals surface area contributed by atoms with E-state index in [1.54, 1.807) is 46.0 Å². The van der Waals surface area contributed by atoms with Gasteiger partial charge in [0, 0.05) is 7.05 Å². The molecule has 16 heteroatoms. The summed E-state index contributed by atoms with van der Waals surface area (Å²) in [7, 11) is -2.69. The SMILES string of the molecule is CNc1nc(C)nc2c1ncn2[C@@H]1O[C@](CCl)(CO[P@@](=O)(N[C@H](C)C(=O)OC(C)C)Oc2ccccc2)[C@@H](O)[C@H]1F. The Bertz CT molecular complexity index is 1420. The Labute approximate surface area is 241 Å². The Morgan fingerprint density at radius 3 is 2.63 bits per heavy atom. The van der Waals surface area contributed by atoms with Crippen LogP contribution >= 0.6 is 19.3 Å². The van der Waals surface area contributed by atoms with Gasteiger partial charge in [-0.1, -0.05) is 18.2 Å². The molecule has 0 amide bonds. The van der Waals surface area contributed by atoms with E-state index in [-0.39, 0.29) is 11.4 Å². The molecule has 0 saturated carbocycles. The third kappa shape index (κ3) is 6.63. The van der Waals surface area contributed by atoms with Crippen molar-refractivity contribution in [3.05, 3.63) is 42.5 Å². The van der Waals surface area contributed by atoms with Crippen LogP contribution in [-0.2, 0) is 23.4 Å². The van der Waals surface area contributed by atoms with E-state index < -0.39 is 62.5 Å². The van der Waals surface area contributed by atoms with Gasteiger partial charge in [0.15, 0.2) is 29.4 Å². The summed E-state index contributed by atoms with van der Waals surface area (Å²) in [5, 5.41) is 16.5. The Morgan fingerprint density at radius 2 is 2.00 bits per heavy atom. The number of para-hydroxylation sites is 1. The summed E-state index contributed by atoms with van der Waals surface area (Å²) in [6.07, 6.45) is -4.30. The van der Waals surface area contributed by atoms with Crippen molar-refractivity contribution in [1.82, 2.24) is 24.6 Å². The molecule has 13 nitrogen and oxygen atoms in total. The fourth-order valence-corrected chi connectivity index (χ4v) is 6.06. The predicted molar refractivity (Wildman–Crippen MR) is 149 cm³/mol. The lowest BCUT2D eigenvalue weighted by molar-refractivity contribution is -0.149. The van der Waals surface area contributed by atoms with Crippen molar-refractivity contribution in [2.75, 3.05) is 24.9 Å². The van der Waals surface area contributed by atoms with Crippen molar-refractivity contribution >= 4 is 42.3 Å². The number of nitrogens with zero attached hydrogens (tertiary/aromatic N) is 4. The number of esters is 1. The zero-order chi connectivity index (χ0) is 29.9. The van der Waals surface area contributed by atoms with E-state index in [1.165, 1.54) is 30.0 Å². The first-order chi connectivity index (χ1) is 19.4. The number of imidazole rings is 1. The molecule has 4 rings (SSSR count). The number of rotatable bonds is 12. The molecule has 1 aliphatic rings. The third-order valence-corrected chi connectivity index (χ3v) is 8.32. The number of nitrogens with one attached hydrogen (secondary N) is 2. The number of aromatic nitrogens is 4. The number of aliphatic hydroxyl groups excluding tert-OH is 1. The Morgan fingerprint density at radius 1 is 1.29 bits per heavy atom. The van der Waals surface area contributed by atoms with Gasteiger partial charge in [0.25, 0.3) is 0 Å². The molecule has 3 aromatic rings. The number of aryl methyl sites for hydroxylation is 1. The van der Waals surface area contributed by atoms with E-state index in [9.17, 15) is 14.5 Å². The summed E-state index contributed by atoms with van der Waals surface area (Å²) in [4.78, 5) is 25.3. The van der Waals surface area contributed by atoms with Crippen LogP contribution in [0.4, 0.5) is 10.2 Å². The molecule has 1 aromatic carbocycles. The quantitative estimate of drug-likeness (QED) is 0.155. The fourth-order valence-electron chi connectivity index (χ4n) is 4.21. The van der Waals surface area contributed by atoms with Gasteiger partial charge in [-0.25, -0.2) is 23.9 Å². The van der Waals surface area contributed by atoms with Crippen molar-refractivity contribution in [3.63, 3.8) is 0 Å². The van der Waals surface area contributed by atoms with E-state index in [1.807, 2.05) is 0 Å². The summed E-state index contributed by atoms with van der Waals surface area (Å²) in [5.74, 6) is -0.132. The van der Waals surface area contributed by atoms with Crippen LogP contribution in [0.25, 0.3) is 11.2 Å². The van der Waals surface area contributed by atoms with Crippen molar-refractivity contribution in [1.29, 1.82) is 0 Å². The maximum Gasteiger partial charge on any atom is 0.459 e. The number of carbonyl (C=O) groups excluding carboxylic acids is 1. The van der Waals surface area contributed by atoms with Gasteiger partial charge in [-0.3, -0.25) is 13.9 Å². The molecule has 1 fully saturated rings. The average Bonchev–Trinajstić information content (AvgIpc) is 3.46. The van der Waals surface area contributed by atoms with E-state index in [0.717, 1.165) is 0 Å². The number of hydrogen-bond acceptors (Lipinski definition) is 11. The third-order valence-electron chi connectivity index (χ3n) is 6.24. The standard InChI is InChI=1S/C25H33ClFN6O7P/c1-14(2)38-24(35)15(3)32-41(36,40-17-9-7-6-8-10-17)37-12-25(11-26)20(34)18(27)23(39-25)33-13-29-19-21(28-5)30-16(4)31-22(19)33/h6-10,13-15,18,20,23,34H,11-12H2,1-5H3,(H,32,36)(H,28,30,31)/t15-,18-,20+,23-,25-,41+/m1/s1. The molecule has 41 heavy (non-hydrogen) atoms. The van der Waals surface area contributed by atoms with E-state index in [0.29, 0.717) is 17.2 Å².